The lowest BCUT2D eigenvalue weighted by Gasteiger charge is -2.46. The van der Waals surface area contributed by atoms with Crippen molar-refractivity contribution in [1.29, 1.82) is 0 Å². The van der Waals surface area contributed by atoms with Gasteiger partial charge in [-0.05, 0) is 23.7 Å². The van der Waals surface area contributed by atoms with Gasteiger partial charge in [0.05, 0.1) is 6.61 Å². The first-order valence-corrected chi connectivity index (χ1v) is 11.1. The highest BCUT2D eigenvalue weighted by Gasteiger charge is 2.51. The van der Waals surface area contributed by atoms with Crippen LogP contribution in [0.1, 0.15) is 27.7 Å². The minimum absolute atomic E-state index is 0.201. The van der Waals surface area contributed by atoms with E-state index in [4.69, 9.17) is 19.4 Å². The summed E-state index contributed by atoms with van der Waals surface area (Å²) in [4.78, 5) is 25.6. The molecule has 1 rings (SSSR count). The number of ether oxygens (including phenoxy) is 2. The predicted octanol–water partition coefficient (Wildman–Crippen LogP) is 1.27. The molecule has 1 saturated heterocycles. The van der Waals surface area contributed by atoms with Crippen LogP contribution in [0.3, 0.4) is 0 Å². The Morgan fingerprint density at radius 1 is 1.35 bits per heavy atom. The van der Waals surface area contributed by atoms with Crippen LogP contribution in [0.2, 0.25) is 18.1 Å². The van der Waals surface area contributed by atoms with Crippen LogP contribution in [-0.2, 0) is 23.5 Å². The van der Waals surface area contributed by atoms with Crippen LogP contribution in [0.15, 0.2) is 5.11 Å². The molecule has 0 aliphatic carbocycles. The molecule has 0 saturated carbocycles. The topological polar surface area (TPSA) is 151 Å². The second kappa shape index (κ2) is 8.46. The van der Waals surface area contributed by atoms with Crippen LogP contribution in [-0.4, -0.2) is 67.5 Å². The van der Waals surface area contributed by atoms with Crippen LogP contribution < -0.4 is 0 Å². The van der Waals surface area contributed by atoms with Crippen molar-refractivity contribution in [3.05, 3.63) is 10.4 Å². The molecule has 0 aromatic carbocycles. The van der Waals surface area contributed by atoms with Crippen LogP contribution in [0.4, 0.5) is 0 Å². The Kier molecular flexibility index (Phi) is 7.34. The van der Waals surface area contributed by atoms with Crippen LogP contribution >= 0.6 is 0 Å². The van der Waals surface area contributed by atoms with Crippen molar-refractivity contribution in [2.45, 2.75) is 76.5 Å². The zero-order valence-corrected chi connectivity index (χ0v) is 16.9. The second-order valence-electron chi connectivity index (χ2n) is 7.72. The van der Waals surface area contributed by atoms with E-state index in [1.54, 1.807) is 0 Å². The molecule has 0 amide bonds. The van der Waals surface area contributed by atoms with E-state index in [-0.39, 0.29) is 5.04 Å². The maximum Gasteiger partial charge on any atom is 0.374 e. The Morgan fingerprint density at radius 2 is 1.92 bits per heavy atom. The fourth-order valence-corrected chi connectivity index (χ4v) is 3.27. The van der Waals surface area contributed by atoms with E-state index in [1.165, 1.54) is 0 Å². The minimum atomic E-state index is -2.40. The van der Waals surface area contributed by atoms with Gasteiger partial charge in [0.2, 0.25) is 5.78 Å². The average molecular weight is 389 g/mol. The summed E-state index contributed by atoms with van der Waals surface area (Å²) in [6, 6.07) is -1.21. The highest BCUT2D eigenvalue weighted by Crippen LogP contribution is 2.39. The number of nitrogens with zero attached hydrogens (tertiary/aromatic N) is 3. The van der Waals surface area contributed by atoms with Crippen molar-refractivity contribution in [3.63, 3.8) is 0 Å². The average Bonchev–Trinajstić information content (AvgIpc) is 2.51. The van der Waals surface area contributed by atoms with E-state index < -0.39 is 57.3 Å². The zero-order valence-electron chi connectivity index (χ0n) is 15.9. The Labute approximate surface area is 153 Å². The van der Waals surface area contributed by atoms with E-state index in [9.17, 15) is 19.8 Å². The largest absolute Gasteiger partial charge is 0.453 e. The summed E-state index contributed by atoms with van der Waals surface area (Å²) in [5.74, 6) is -2.05. The molecule has 26 heavy (non-hydrogen) atoms. The normalized spacial score (nSPS) is 29.6. The third-order valence-corrected chi connectivity index (χ3v) is 9.19. The third-order valence-electron chi connectivity index (χ3n) is 4.75. The van der Waals surface area contributed by atoms with Gasteiger partial charge in [-0.1, -0.05) is 25.9 Å². The number of hydrogen-bond acceptors (Lipinski definition) is 8. The SMILES string of the molecule is CC(=O)C(=O)OC1[C@H](O)C(CO)O[C@@H](O[Si](C)(C)C(C)(C)C)[C@H]1N=[N+]=[N-]. The summed E-state index contributed by atoms with van der Waals surface area (Å²) in [5, 5.41) is 23.2. The number of hydrogen-bond donors (Lipinski definition) is 2. The molecule has 0 spiro atoms. The number of aliphatic hydroxyl groups is 2. The van der Waals surface area contributed by atoms with Crippen molar-refractivity contribution in [3.8, 4) is 0 Å². The van der Waals surface area contributed by atoms with Gasteiger partial charge in [-0.2, -0.15) is 0 Å². The van der Waals surface area contributed by atoms with Crippen molar-refractivity contribution in [2.75, 3.05) is 6.61 Å². The van der Waals surface area contributed by atoms with E-state index in [2.05, 4.69) is 10.0 Å². The number of aliphatic hydroxyl groups excluding tert-OH is 2. The molecule has 10 nitrogen and oxygen atoms in total. The minimum Gasteiger partial charge on any atom is -0.453 e. The first kappa shape index (κ1) is 22.5. The van der Waals surface area contributed by atoms with E-state index >= 15 is 0 Å². The van der Waals surface area contributed by atoms with Crippen LogP contribution in [0.25, 0.3) is 10.4 Å². The number of esters is 1. The van der Waals surface area contributed by atoms with Gasteiger partial charge in [0, 0.05) is 11.8 Å². The number of carbonyl (C=O) groups is 2. The molecule has 0 aromatic heterocycles. The summed E-state index contributed by atoms with van der Waals surface area (Å²) in [6.45, 7) is 10.3. The van der Waals surface area contributed by atoms with E-state index in [0.29, 0.717) is 0 Å². The second-order valence-corrected chi connectivity index (χ2v) is 12.5. The quantitative estimate of drug-likeness (QED) is 0.173. The monoisotopic (exact) mass is 389 g/mol. The van der Waals surface area contributed by atoms with Gasteiger partial charge in [0.25, 0.3) is 0 Å². The first-order chi connectivity index (χ1) is 11.9. The first-order valence-electron chi connectivity index (χ1n) is 8.23. The highest BCUT2D eigenvalue weighted by molar-refractivity contribution is 6.74. The maximum absolute atomic E-state index is 11.7. The highest BCUT2D eigenvalue weighted by atomic mass is 28.4. The standard InChI is InChI=1S/C15H27N3O7Si/c1-8(20)13(22)24-12-10(17-18-16)14(23-9(7-19)11(12)21)25-26(5,6)15(2,3)4/h9-12,14,19,21H,7H2,1-6H3/t9?,10-,11+,12?,14-/m0/s1. The van der Waals surface area contributed by atoms with Crippen LogP contribution in [0.5, 0.6) is 0 Å². The Balaban J connectivity index is 3.24. The van der Waals surface area contributed by atoms with E-state index in [1.807, 2.05) is 33.9 Å². The summed E-state index contributed by atoms with van der Waals surface area (Å²) >= 11 is 0. The number of carbonyl (C=O) groups excluding carboxylic acids is 2. The molecule has 1 aliphatic rings. The van der Waals surface area contributed by atoms with Gasteiger partial charge in [0.1, 0.15) is 24.4 Å². The Morgan fingerprint density at radius 3 is 2.35 bits per heavy atom. The number of azide groups is 1. The van der Waals surface area contributed by atoms with Crippen molar-refractivity contribution < 1.29 is 33.7 Å². The molecule has 148 valence electrons. The van der Waals surface area contributed by atoms with Crippen LogP contribution in [0, 0.1) is 0 Å². The summed E-state index contributed by atoms with van der Waals surface area (Å²) in [7, 11) is -2.40. The lowest BCUT2D eigenvalue weighted by Crippen LogP contribution is -2.62. The molecular formula is C15H27N3O7Si. The third kappa shape index (κ3) is 5.03. The molecule has 1 heterocycles. The van der Waals surface area contributed by atoms with Gasteiger partial charge in [-0.25, -0.2) is 4.79 Å². The van der Waals surface area contributed by atoms with Gasteiger partial charge in [-0.15, -0.1) is 0 Å². The van der Waals surface area contributed by atoms with Crippen molar-refractivity contribution in [1.82, 2.24) is 0 Å². The fourth-order valence-electron chi connectivity index (χ4n) is 2.14. The summed E-state index contributed by atoms with van der Waals surface area (Å²) in [6.07, 6.45) is -5.14. The summed E-state index contributed by atoms with van der Waals surface area (Å²) in [5.41, 5.74) is 8.89. The Hall–Kier alpha value is -1.49. The molecule has 2 N–H and O–H groups in total. The van der Waals surface area contributed by atoms with Gasteiger partial charge >= 0.3 is 5.97 Å². The zero-order chi connectivity index (χ0) is 20.3. The fraction of sp³-hybridized carbons (Fsp3) is 0.867. The molecular weight excluding hydrogens is 362 g/mol. The summed E-state index contributed by atoms with van der Waals surface area (Å²) < 4.78 is 16.7. The lowest BCUT2D eigenvalue weighted by molar-refractivity contribution is -0.248. The number of Topliss-reactive ketones (excluding diaryl/α,β-unsaturated/α-hetero) is 1. The lowest BCUT2D eigenvalue weighted by atomic mass is 9.97. The maximum atomic E-state index is 11.7. The van der Waals surface area contributed by atoms with E-state index in [0.717, 1.165) is 6.92 Å². The Bertz CT molecular complexity index is 586. The molecule has 11 heteroatoms. The number of rotatable bonds is 6. The van der Waals surface area contributed by atoms with Crippen molar-refractivity contribution >= 4 is 20.1 Å². The predicted molar refractivity (Wildman–Crippen MR) is 93.5 cm³/mol. The van der Waals surface area contributed by atoms with Gasteiger partial charge < -0.3 is 24.1 Å². The molecule has 0 radical (unpaired) electrons. The van der Waals surface area contributed by atoms with Crippen molar-refractivity contribution in [2.24, 2.45) is 5.11 Å². The smallest absolute Gasteiger partial charge is 0.374 e. The molecule has 1 aliphatic heterocycles. The van der Waals surface area contributed by atoms with Gasteiger partial charge in [0.15, 0.2) is 14.6 Å². The molecule has 0 aromatic rings. The molecule has 5 atom stereocenters. The number of ketones is 1. The molecule has 0 bridgehead atoms. The van der Waals surface area contributed by atoms with Gasteiger partial charge in [-0.3, -0.25) is 4.79 Å². The molecule has 1 fully saturated rings. The molecule has 2 unspecified atom stereocenters.